The predicted octanol–water partition coefficient (Wildman–Crippen LogP) is 14.6. The highest BCUT2D eigenvalue weighted by atomic mass is 16.3. The number of furan rings is 1. The van der Waals surface area contributed by atoms with E-state index in [4.69, 9.17) is 4.42 Å². The van der Waals surface area contributed by atoms with Crippen molar-refractivity contribution in [2.75, 3.05) is 9.71 Å². The largest absolute Gasteiger partial charge is 0.456 e. The molecule has 0 radical (unpaired) electrons. The van der Waals surface area contributed by atoms with Crippen LogP contribution in [0.15, 0.2) is 162 Å². The SMILES string of the molecule is CC(C)(C)c1cc2c3c(c1)N1c4ccccc4C4(c5ccccc5-c5ccccc54)c4cccc(c41)B3N(c1ccc3c(c1)C(C)(C)CCC3(C)C)c1cc3c(cc1-2)oc1ccccc13. The zero-order valence-corrected chi connectivity index (χ0v) is 38.3. The highest BCUT2D eigenvalue weighted by Gasteiger charge is 2.56. The van der Waals surface area contributed by atoms with E-state index in [0.717, 1.165) is 28.4 Å². The molecule has 314 valence electrons. The van der Waals surface area contributed by atoms with Crippen LogP contribution in [0.1, 0.15) is 100 Å². The standard InChI is InChI=1S/C61H51BN2O/c1-58(2,3)36-31-43-41-35-55-42(40-19-10-15-26-54(40)65-55)34-52(41)64(37-27-28-46-49(33-37)60(6,7)30-29-59(46,4)5)62-50-24-16-23-48-57(50)63(53(32-36)56(43)62)51-25-14-13-22-47(51)61(48)44-20-11-8-17-38(44)39-18-9-12-21-45(39)61/h8-28,31-35H,29-30H2,1-7H3. The lowest BCUT2D eigenvalue weighted by atomic mass is 9.42. The third kappa shape index (κ3) is 4.67. The number of fused-ring (bicyclic) bond motifs is 17. The minimum Gasteiger partial charge on any atom is -0.456 e. The third-order valence-electron chi connectivity index (χ3n) is 16.4. The van der Waals surface area contributed by atoms with Gasteiger partial charge in [-0.25, -0.2) is 0 Å². The van der Waals surface area contributed by atoms with Gasteiger partial charge in [0.15, 0.2) is 0 Å². The van der Waals surface area contributed by atoms with Gasteiger partial charge < -0.3 is 14.1 Å². The van der Waals surface area contributed by atoms with Crippen LogP contribution >= 0.6 is 0 Å². The van der Waals surface area contributed by atoms with Gasteiger partial charge in [-0.05, 0) is 138 Å². The van der Waals surface area contributed by atoms with Crippen molar-refractivity contribution >= 4 is 68.1 Å². The summed E-state index contributed by atoms with van der Waals surface area (Å²) in [5.74, 6) is 0. The molecule has 1 aromatic heterocycles. The lowest BCUT2D eigenvalue weighted by Crippen LogP contribution is -2.62. The zero-order valence-electron chi connectivity index (χ0n) is 38.3. The van der Waals surface area contributed by atoms with Crippen molar-refractivity contribution in [2.45, 2.75) is 83.0 Å². The van der Waals surface area contributed by atoms with Gasteiger partial charge in [0.25, 0.3) is 0 Å². The number of anilines is 5. The molecule has 0 saturated heterocycles. The van der Waals surface area contributed by atoms with Crippen molar-refractivity contribution in [1.29, 1.82) is 0 Å². The highest BCUT2D eigenvalue weighted by Crippen LogP contribution is 2.64. The molecule has 0 amide bonds. The number of hydrogen-bond donors (Lipinski definition) is 0. The fraction of sp³-hybridized carbons (Fsp3) is 0.213. The molecular formula is C61H51BN2O. The summed E-state index contributed by atoms with van der Waals surface area (Å²) in [7, 11) is 0. The van der Waals surface area contributed by atoms with E-state index in [2.05, 4.69) is 216 Å². The summed E-state index contributed by atoms with van der Waals surface area (Å²) in [5, 5.41) is 2.30. The Kier molecular flexibility index (Phi) is 7.12. The number of rotatable bonds is 1. The van der Waals surface area contributed by atoms with Crippen molar-refractivity contribution in [3.8, 4) is 22.3 Å². The minimum atomic E-state index is -0.506. The maximum atomic E-state index is 6.75. The van der Waals surface area contributed by atoms with Gasteiger partial charge in [-0.15, -0.1) is 0 Å². The van der Waals surface area contributed by atoms with Crippen LogP contribution in [0.4, 0.5) is 28.4 Å². The van der Waals surface area contributed by atoms with E-state index in [1.165, 1.54) is 107 Å². The summed E-state index contributed by atoms with van der Waals surface area (Å²) in [4.78, 5) is 5.40. The van der Waals surface area contributed by atoms with E-state index in [9.17, 15) is 0 Å². The summed E-state index contributed by atoms with van der Waals surface area (Å²) in [6.07, 6.45) is 2.34. The van der Waals surface area contributed by atoms with Crippen molar-refractivity contribution in [3.63, 3.8) is 0 Å². The number of hydrogen-bond acceptors (Lipinski definition) is 3. The molecule has 5 aliphatic rings. The van der Waals surface area contributed by atoms with Crippen LogP contribution in [0, 0.1) is 0 Å². The van der Waals surface area contributed by atoms with Crippen molar-refractivity contribution < 1.29 is 4.42 Å². The van der Waals surface area contributed by atoms with E-state index >= 15 is 0 Å². The van der Waals surface area contributed by atoms with Gasteiger partial charge in [0.05, 0.1) is 11.1 Å². The molecule has 3 aliphatic heterocycles. The average Bonchev–Trinajstić information content (AvgIpc) is 3.82. The molecule has 3 nitrogen and oxygen atoms in total. The Morgan fingerprint density at radius 1 is 0.492 bits per heavy atom. The van der Waals surface area contributed by atoms with Gasteiger partial charge in [-0.3, -0.25) is 0 Å². The summed E-state index contributed by atoms with van der Waals surface area (Å²) in [6.45, 7) is 16.8. The Morgan fingerprint density at radius 3 is 1.91 bits per heavy atom. The first-order valence-electron chi connectivity index (χ1n) is 23.7. The van der Waals surface area contributed by atoms with Gasteiger partial charge in [0.2, 0.25) is 0 Å². The van der Waals surface area contributed by atoms with Crippen LogP contribution in [0.2, 0.25) is 0 Å². The second kappa shape index (κ2) is 12.3. The molecule has 0 saturated carbocycles. The van der Waals surface area contributed by atoms with Crippen LogP contribution in [0.5, 0.6) is 0 Å². The fourth-order valence-electron chi connectivity index (χ4n) is 13.2. The normalized spacial score (nSPS) is 17.3. The van der Waals surface area contributed by atoms with Crippen LogP contribution in [0.3, 0.4) is 0 Å². The van der Waals surface area contributed by atoms with Crippen molar-refractivity contribution in [2.24, 2.45) is 0 Å². The van der Waals surface area contributed by atoms with E-state index in [1.54, 1.807) is 0 Å². The fourth-order valence-corrected chi connectivity index (χ4v) is 13.2. The van der Waals surface area contributed by atoms with E-state index < -0.39 is 5.41 Å². The predicted molar refractivity (Wildman–Crippen MR) is 272 cm³/mol. The molecule has 9 aromatic rings. The second-order valence-electron chi connectivity index (χ2n) is 21.9. The van der Waals surface area contributed by atoms with Gasteiger partial charge in [-0.2, -0.15) is 0 Å². The second-order valence-corrected chi connectivity index (χ2v) is 21.9. The van der Waals surface area contributed by atoms with Crippen molar-refractivity contribution in [1.82, 2.24) is 0 Å². The average molecular weight is 839 g/mol. The van der Waals surface area contributed by atoms with Gasteiger partial charge in [0, 0.05) is 39.1 Å². The summed E-state index contributed by atoms with van der Waals surface area (Å²) < 4.78 is 6.75. The molecule has 14 rings (SSSR count). The summed E-state index contributed by atoms with van der Waals surface area (Å²) in [5.41, 5.74) is 25.1. The molecule has 2 aliphatic carbocycles. The molecule has 0 atom stereocenters. The third-order valence-corrected chi connectivity index (χ3v) is 16.4. The maximum Gasteiger partial charge on any atom is 0.333 e. The van der Waals surface area contributed by atoms with Crippen LogP contribution in [0.25, 0.3) is 44.2 Å². The number of para-hydroxylation sites is 3. The smallest absolute Gasteiger partial charge is 0.333 e. The monoisotopic (exact) mass is 838 g/mol. The van der Waals surface area contributed by atoms with E-state index in [1.807, 2.05) is 0 Å². The molecule has 8 aromatic carbocycles. The van der Waals surface area contributed by atoms with Gasteiger partial charge in [0.1, 0.15) is 11.2 Å². The van der Waals surface area contributed by atoms with E-state index in [-0.39, 0.29) is 23.1 Å². The van der Waals surface area contributed by atoms with Gasteiger partial charge in [-0.1, -0.05) is 164 Å². The molecule has 0 fully saturated rings. The first-order valence-corrected chi connectivity index (χ1v) is 23.7. The first-order chi connectivity index (χ1) is 31.4. The zero-order chi connectivity index (χ0) is 43.9. The Morgan fingerprint density at radius 2 is 1.15 bits per heavy atom. The molecule has 0 N–H and O–H groups in total. The molecule has 4 heterocycles. The molecule has 0 bridgehead atoms. The number of nitrogens with zero attached hydrogens (tertiary/aromatic N) is 2. The minimum absolute atomic E-state index is 0.0451. The first kappa shape index (κ1) is 37.6. The Bertz CT molecular complexity index is 3540. The molecule has 0 unspecified atom stereocenters. The topological polar surface area (TPSA) is 19.6 Å². The quantitative estimate of drug-likeness (QED) is 0.154. The van der Waals surface area contributed by atoms with Gasteiger partial charge >= 0.3 is 6.85 Å². The number of benzene rings is 8. The Labute approximate surface area is 382 Å². The summed E-state index contributed by atoms with van der Waals surface area (Å²) >= 11 is 0. The van der Waals surface area contributed by atoms with Crippen LogP contribution in [-0.4, -0.2) is 6.85 Å². The maximum absolute atomic E-state index is 6.75. The summed E-state index contributed by atoms with van der Waals surface area (Å²) in [6, 6.07) is 60.8. The Hall–Kier alpha value is -6.78. The Balaban J connectivity index is 1.15. The molecular weight excluding hydrogens is 787 g/mol. The molecule has 65 heavy (non-hydrogen) atoms. The lowest BCUT2D eigenvalue weighted by Gasteiger charge is -2.52. The van der Waals surface area contributed by atoms with Crippen LogP contribution in [-0.2, 0) is 21.7 Å². The molecule has 1 spiro atoms. The van der Waals surface area contributed by atoms with Crippen LogP contribution < -0.4 is 20.6 Å². The highest BCUT2D eigenvalue weighted by molar-refractivity contribution is 6.93. The lowest BCUT2D eigenvalue weighted by molar-refractivity contribution is 0.332. The molecule has 4 heteroatoms. The van der Waals surface area contributed by atoms with Crippen molar-refractivity contribution in [3.05, 3.63) is 197 Å². The van der Waals surface area contributed by atoms with E-state index in [0.29, 0.717) is 0 Å².